The third kappa shape index (κ3) is 1.75. The molecule has 2 aliphatic carbocycles. The molecule has 2 saturated carbocycles. The number of hydrogen-bond acceptors (Lipinski definition) is 3. The maximum absolute atomic E-state index is 11.6. The Balaban J connectivity index is 1.71. The Morgan fingerprint density at radius 3 is 2.56 bits per heavy atom. The lowest BCUT2D eigenvalue weighted by Crippen LogP contribution is -2.55. The summed E-state index contributed by atoms with van der Waals surface area (Å²) in [6, 6.07) is 0. The Labute approximate surface area is 96.5 Å². The van der Waals surface area contributed by atoms with Crippen LogP contribution in [0.15, 0.2) is 0 Å². The topological polar surface area (TPSA) is 35.5 Å². The molecule has 0 aromatic carbocycles. The highest BCUT2D eigenvalue weighted by atomic mass is 16.5. The fourth-order valence-corrected chi connectivity index (χ4v) is 4.18. The highest BCUT2D eigenvalue weighted by Gasteiger charge is 2.52. The summed E-state index contributed by atoms with van der Waals surface area (Å²) < 4.78 is 11.2. The van der Waals surface area contributed by atoms with Gasteiger partial charge in [0, 0.05) is 0 Å². The van der Waals surface area contributed by atoms with Crippen molar-refractivity contribution in [2.24, 2.45) is 11.8 Å². The Morgan fingerprint density at radius 1 is 1.31 bits per heavy atom. The molecule has 0 spiro atoms. The molecule has 16 heavy (non-hydrogen) atoms. The summed E-state index contributed by atoms with van der Waals surface area (Å²) in [4.78, 5) is 11.6. The van der Waals surface area contributed by atoms with Crippen molar-refractivity contribution in [2.45, 2.75) is 57.2 Å². The summed E-state index contributed by atoms with van der Waals surface area (Å²) in [6.45, 7) is 2.34. The van der Waals surface area contributed by atoms with Crippen LogP contribution < -0.4 is 0 Å². The van der Waals surface area contributed by atoms with Crippen LogP contribution in [0.5, 0.6) is 0 Å². The molecule has 4 fully saturated rings. The molecule has 2 heterocycles. The standard InChI is InChI=1S/C13H20O3/c1-2-15-12(14)8-13-6-9-3-10(7-13)5-11(4-9)16-13/h9-11H,2-8H2,1H3. The number of esters is 1. The largest absolute Gasteiger partial charge is 0.466 e. The summed E-state index contributed by atoms with van der Waals surface area (Å²) in [5, 5.41) is 0. The van der Waals surface area contributed by atoms with Gasteiger partial charge in [-0.05, 0) is 50.9 Å². The molecule has 4 rings (SSSR count). The quantitative estimate of drug-likeness (QED) is 0.690. The monoisotopic (exact) mass is 224 g/mol. The molecule has 0 aromatic heterocycles. The second kappa shape index (κ2) is 3.73. The van der Waals surface area contributed by atoms with E-state index in [0.717, 1.165) is 24.7 Å². The highest BCUT2D eigenvalue weighted by molar-refractivity contribution is 5.70. The second-order valence-corrected chi connectivity index (χ2v) is 5.75. The summed E-state index contributed by atoms with van der Waals surface area (Å²) in [6.07, 6.45) is 6.88. The van der Waals surface area contributed by atoms with Gasteiger partial charge >= 0.3 is 5.97 Å². The van der Waals surface area contributed by atoms with Crippen molar-refractivity contribution in [1.82, 2.24) is 0 Å². The number of rotatable bonds is 3. The Kier molecular flexibility index (Phi) is 2.46. The van der Waals surface area contributed by atoms with Gasteiger partial charge in [0.25, 0.3) is 0 Å². The van der Waals surface area contributed by atoms with E-state index in [1.54, 1.807) is 0 Å². The zero-order valence-electron chi connectivity index (χ0n) is 9.91. The van der Waals surface area contributed by atoms with Gasteiger partial charge in [-0.2, -0.15) is 0 Å². The molecule has 4 aliphatic rings. The number of ether oxygens (including phenoxy) is 2. The van der Waals surface area contributed by atoms with Gasteiger partial charge in [-0.1, -0.05) is 0 Å². The Hall–Kier alpha value is -0.570. The molecular weight excluding hydrogens is 204 g/mol. The first-order valence-electron chi connectivity index (χ1n) is 6.52. The number of carbonyl (C=O) groups is 1. The molecule has 0 amide bonds. The lowest BCUT2D eigenvalue weighted by molar-refractivity contribution is -0.225. The van der Waals surface area contributed by atoms with Gasteiger partial charge in [-0.25, -0.2) is 0 Å². The summed E-state index contributed by atoms with van der Waals surface area (Å²) in [7, 11) is 0. The lowest BCUT2D eigenvalue weighted by Gasteiger charge is -2.56. The number of hydrogen-bond donors (Lipinski definition) is 0. The molecule has 2 atom stereocenters. The first-order valence-corrected chi connectivity index (χ1v) is 6.52. The van der Waals surface area contributed by atoms with E-state index < -0.39 is 0 Å². The number of carbonyl (C=O) groups excluding carboxylic acids is 1. The average molecular weight is 224 g/mol. The maximum Gasteiger partial charge on any atom is 0.308 e. The van der Waals surface area contributed by atoms with Gasteiger partial charge < -0.3 is 9.47 Å². The maximum atomic E-state index is 11.6. The van der Waals surface area contributed by atoms with Crippen LogP contribution in [-0.4, -0.2) is 24.3 Å². The summed E-state index contributed by atoms with van der Waals surface area (Å²) >= 11 is 0. The van der Waals surface area contributed by atoms with E-state index in [4.69, 9.17) is 9.47 Å². The van der Waals surface area contributed by atoms with E-state index in [1.807, 2.05) is 6.92 Å². The van der Waals surface area contributed by atoms with Gasteiger partial charge in [-0.15, -0.1) is 0 Å². The summed E-state index contributed by atoms with van der Waals surface area (Å²) in [5.74, 6) is 1.53. The van der Waals surface area contributed by atoms with E-state index >= 15 is 0 Å². The van der Waals surface area contributed by atoms with Gasteiger partial charge in [0.15, 0.2) is 0 Å². The molecule has 4 bridgehead atoms. The van der Waals surface area contributed by atoms with Crippen LogP contribution in [-0.2, 0) is 14.3 Å². The van der Waals surface area contributed by atoms with Crippen LogP contribution in [0.2, 0.25) is 0 Å². The minimum Gasteiger partial charge on any atom is -0.466 e. The zero-order valence-corrected chi connectivity index (χ0v) is 9.91. The van der Waals surface area contributed by atoms with E-state index in [2.05, 4.69) is 0 Å². The van der Waals surface area contributed by atoms with Crippen LogP contribution in [0.25, 0.3) is 0 Å². The molecular formula is C13H20O3. The van der Waals surface area contributed by atoms with Crippen molar-refractivity contribution in [3.8, 4) is 0 Å². The molecule has 3 nitrogen and oxygen atoms in total. The smallest absolute Gasteiger partial charge is 0.308 e. The van der Waals surface area contributed by atoms with Crippen molar-refractivity contribution in [1.29, 1.82) is 0 Å². The minimum atomic E-state index is -0.152. The first kappa shape index (κ1) is 10.6. The second-order valence-electron chi connectivity index (χ2n) is 5.75. The van der Waals surface area contributed by atoms with Gasteiger partial charge in [0.05, 0.1) is 24.7 Å². The highest BCUT2D eigenvalue weighted by Crippen LogP contribution is 2.54. The van der Waals surface area contributed by atoms with Crippen molar-refractivity contribution >= 4 is 5.97 Å². The minimum absolute atomic E-state index is 0.0792. The van der Waals surface area contributed by atoms with Crippen LogP contribution >= 0.6 is 0 Å². The first-order chi connectivity index (χ1) is 7.69. The summed E-state index contributed by atoms with van der Waals surface area (Å²) in [5.41, 5.74) is -0.152. The van der Waals surface area contributed by atoms with Crippen LogP contribution in [0.4, 0.5) is 0 Å². The fourth-order valence-electron chi connectivity index (χ4n) is 4.18. The Bertz CT molecular complexity index is 262. The molecule has 2 unspecified atom stereocenters. The van der Waals surface area contributed by atoms with E-state index in [9.17, 15) is 4.79 Å². The predicted molar refractivity (Wildman–Crippen MR) is 58.9 cm³/mol. The average Bonchev–Trinajstić information content (AvgIpc) is 2.13. The Morgan fingerprint density at radius 2 is 2.00 bits per heavy atom. The lowest BCUT2D eigenvalue weighted by atomic mass is 9.61. The van der Waals surface area contributed by atoms with Crippen LogP contribution in [0.3, 0.4) is 0 Å². The molecule has 3 heteroatoms. The van der Waals surface area contributed by atoms with Crippen molar-refractivity contribution in [3.63, 3.8) is 0 Å². The molecule has 0 radical (unpaired) electrons. The van der Waals surface area contributed by atoms with Crippen LogP contribution in [0, 0.1) is 11.8 Å². The molecule has 2 saturated heterocycles. The third-order valence-electron chi connectivity index (χ3n) is 4.37. The predicted octanol–water partition coefficient (Wildman–Crippen LogP) is 2.29. The van der Waals surface area contributed by atoms with Gasteiger partial charge in [-0.3, -0.25) is 4.79 Å². The van der Waals surface area contributed by atoms with Crippen LogP contribution in [0.1, 0.15) is 45.4 Å². The van der Waals surface area contributed by atoms with Gasteiger partial charge in [0.2, 0.25) is 0 Å². The zero-order chi connectivity index (χ0) is 11.2. The van der Waals surface area contributed by atoms with E-state index in [1.165, 1.54) is 19.3 Å². The molecule has 0 N–H and O–H groups in total. The van der Waals surface area contributed by atoms with Crippen molar-refractivity contribution in [2.75, 3.05) is 6.61 Å². The normalized spacial score (nSPS) is 44.7. The van der Waals surface area contributed by atoms with Crippen molar-refractivity contribution < 1.29 is 14.3 Å². The fraction of sp³-hybridized carbons (Fsp3) is 0.923. The van der Waals surface area contributed by atoms with Gasteiger partial charge in [0.1, 0.15) is 0 Å². The molecule has 2 aliphatic heterocycles. The van der Waals surface area contributed by atoms with E-state index in [-0.39, 0.29) is 11.6 Å². The molecule has 0 aromatic rings. The van der Waals surface area contributed by atoms with E-state index in [0.29, 0.717) is 19.1 Å². The molecule has 90 valence electrons. The van der Waals surface area contributed by atoms with Crippen molar-refractivity contribution in [3.05, 3.63) is 0 Å². The SMILES string of the molecule is CCOC(=O)CC12CC3CC(CC(C3)O1)C2. The third-order valence-corrected chi connectivity index (χ3v) is 4.37.